The molecule has 0 amide bonds. The zero-order chi connectivity index (χ0) is 9.80. The first-order valence-electron chi connectivity index (χ1n) is 5.01. The first-order chi connectivity index (χ1) is 6.86. The summed E-state index contributed by atoms with van der Waals surface area (Å²) < 4.78 is 7.42. The van der Waals surface area contributed by atoms with Gasteiger partial charge in [0.15, 0.2) is 0 Å². The number of ether oxygens (including phenoxy) is 1. The van der Waals surface area contributed by atoms with Gasteiger partial charge in [-0.05, 0) is 12.8 Å². The van der Waals surface area contributed by atoms with Gasteiger partial charge in [-0.2, -0.15) is 0 Å². The summed E-state index contributed by atoms with van der Waals surface area (Å²) in [5.41, 5.74) is 0. The summed E-state index contributed by atoms with van der Waals surface area (Å²) in [5, 5.41) is 11.1. The Hall–Kier alpha value is -0.940. The number of rotatable bonds is 4. The molecule has 1 aliphatic heterocycles. The van der Waals surface area contributed by atoms with E-state index < -0.39 is 0 Å². The summed E-state index contributed by atoms with van der Waals surface area (Å²) in [6, 6.07) is 0. The van der Waals surface area contributed by atoms with E-state index in [0.717, 1.165) is 25.5 Å². The van der Waals surface area contributed by atoms with Gasteiger partial charge in [0.05, 0.1) is 12.6 Å². The quantitative estimate of drug-likeness (QED) is 0.741. The number of aryl methyl sites for hydroxylation is 1. The highest BCUT2D eigenvalue weighted by Crippen LogP contribution is 2.10. The highest BCUT2D eigenvalue weighted by molar-refractivity contribution is 4.83. The molecule has 78 valence electrons. The molecule has 2 rings (SSSR count). The molecule has 5 heteroatoms. The molecule has 1 N–H and O–H groups in total. The Bertz CT molecular complexity index is 280. The molecule has 1 saturated heterocycles. The number of nitrogens with one attached hydrogen (secondary N) is 1. The van der Waals surface area contributed by atoms with E-state index in [9.17, 15) is 0 Å². The lowest BCUT2D eigenvalue weighted by molar-refractivity contribution is 0.109. The molecule has 0 aromatic carbocycles. The van der Waals surface area contributed by atoms with Crippen LogP contribution in [0.5, 0.6) is 0 Å². The van der Waals surface area contributed by atoms with Crippen molar-refractivity contribution in [1.82, 2.24) is 20.1 Å². The lowest BCUT2D eigenvalue weighted by Crippen LogP contribution is -2.26. The third kappa shape index (κ3) is 2.30. The predicted octanol–water partition coefficient (Wildman–Crippen LogP) is 0.0837. The molecule has 0 spiro atoms. The first kappa shape index (κ1) is 9.61. The molecule has 5 nitrogen and oxygen atoms in total. The van der Waals surface area contributed by atoms with Crippen LogP contribution in [0.25, 0.3) is 0 Å². The fourth-order valence-corrected chi connectivity index (χ4v) is 1.62. The summed E-state index contributed by atoms with van der Waals surface area (Å²) in [6.07, 6.45) is 4.47. The van der Waals surface area contributed by atoms with Crippen molar-refractivity contribution in [2.75, 3.05) is 13.2 Å². The molecule has 1 fully saturated rings. The molecule has 0 aliphatic carbocycles. The Labute approximate surface area is 83.5 Å². The maximum absolute atomic E-state index is 5.50. The fraction of sp³-hybridized carbons (Fsp3) is 0.778. The average molecular weight is 196 g/mol. The lowest BCUT2D eigenvalue weighted by Gasteiger charge is -2.09. The predicted molar refractivity (Wildman–Crippen MR) is 51.7 cm³/mol. The normalized spacial score (nSPS) is 21.6. The van der Waals surface area contributed by atoms with E-state index in [1.165, 1.54) is 12.8 Å². The van der Waals surface area contributed by atoms with Crippen molar-refractivity contribution in [3.05, 3.63) is 12.2 Å². The smallest absolute Gasteiger partial charge is 0.146 e. The first-order valence-corrected chi connectivity index (χ1v) is 5.01. The summed E-state index contributed by atoms with van der Waals surface area (Å²) >= 11 is 0. The van der Waals surface area contributed by atoms with Gasteiger partial charge in [0.1, 0.15) is 12.2 Å². The van der Waals surface area contributed by atoms with E-state index >= 15 is 0 Å². The van der Waals surface area contributed by atoms with Crippen LogP contribution in [0, 0.1) is 0 Å². The van der Waals surface area contributed by atoms with Gasteiger partial charge in [0.2, 0.25) is 0 Å². The van der Waals surface area contributed by atoms with Crippen LogP contribution in [0.2, 0.25) is 0 Å². The van der Waals surface area contributed by atoms with E-state index in [-0.39, 0.29) is 0 Å². The highest BCUT2D eigenvalue weighted by atomic mass is 16.5. The number of hydrogen-bond acceptors (Lipinski definition) is 4. The Morgan fingerprint density at radius 3 is 3.29 bits per heavy atom. The van der Waals surface area contributed by atoms with Crippen LogP contribution in [-0.2, 0) is 18.3 Å². The fourth-order valence-electron chi connectivity index (χ4n) is 1.62. The SMILES string of the molecule is Cn1cnnc1CNCC1CCCO1. The Morgan fingerprint density at radius 2 is 2.64 bits per heavy atom. The van der Waals surface area contributed by atoms with Gasteiger partial charge >= 0.3 is 0 Å². The molecule has 1 aliphatic rings. The molecule has 2 heterocycles. The largest absolute Gasteiger partial charge is 0.377 e. The molecule has 1 aromatic rings. The van der Waals surface area contributed by atoms with E-state index in [1.54, 1.807) is 6.33 Å². The molecular weight excluding hydrogens is 180 g/mol. The van der Waals surface area contributed by atoms with Crippen molar-refractivity contribution >= 4 is 0 Å². The molecule has 14 heavy (non-hydrogen) atoms. The second-order valence-corrected chi connectivity index (χ2v) is 3.62. The van der Waals surface area contributed by atoms with E-state index in [1.807, 2.05) is 11.6 Å². The van der Waals surface area contributed by atoms with Crippen molar-refractivity contribution in [2.24, 2.45) is 7.05 Å². The zero-order valence-electron chi connectivity index (χ0n) is 8.44. The van der Waals surface area contributed by atoms with Crippen LogP contribution in [0.15, 0.2) is 6.33 Å². The van der Waals surface area contributed by atoms with Crippen molar-refractivity contribution in [2.45, 2.75) is 25.5 Å². The van der Waals surface area contributed by atoms with E-state index in [0.29, 0.717) is 6.10 Å². The van der Waals surface area contributed by atoms with Crippen LogP contribution in [0.3, 0.4) is 0 Å². The molecule has 0 bridgehead atoms. The number of nitrogens with zero attached hydrogens (tertiary/aromatic N) is 3. The number of hydrogen-bond donors (Lipinski definition) is 1. The third-order valence-corrected chi connectivity index (χ3v) is 2.48. The monoisotopic (exact) mass is 196 g/mol. The topological polar surface area (TPSA) is 52.0 Å². The molecular formula is C9H16N4O. The second-order valence-electron chi connectivity index (χ2n) is 3.62. The minimum atomic E-state index is 0.392. The maximum atomic E-state index is 5.50. The van der Waals surface area contributed by atoms with Crippen LogP contribution in [0.1, 0.15) is 18.7 Å². The lowest BCUT2D eigenvalue weighted by atomic mass is 10.2. The number of aromatic nitrogens is 3. The Kier molecular flexibility index (Phi) is 3.10. The van der Waals surface area contributed by atoms with Crippen LogP contribution < -0.4 is 5.32 Å². The molecule has 1 unspecified atom stereocenters. The van der Waals surface area contributed by atoms with Crippen molar-refractivity contribution < 1.29 is 4.74 Å². The van der Waals surface area contributed by atoms with Gasteiger partial charge in [-0.15, -0.1) is 10.2 Å². The van der Waals surface area contributed by atoms with Gasteiger partial charge in [0.25, 0.3) is 0 Å². The highest BCUT2D eigenvalue weighted by Gasteiger charge is 2.14. The summed E-state index contributed by atoms with van der Waals surface area (Å²) in [4.78, 5) is 0. The van der Waals surface area contributed by atoms with Crippen LogP contribution in [-0.4, -0.2) is 34.0 Å². The summed E-state index contributed by atoms with van der Waals surface area (Å²) in [7, 11) is 1.95. The van der Waals surface area contributed by atoms with E-state index in [4.69, 9.17) is 4.74 Å². The van der Waals surface area contributed by atoms with Gasteiger partial charge in [-0.25, -0.2) is 0 Å². The molecule has 0 radical (unpaired) electrons. The summed E-state index contributed by atoms with van der Waals surface area (Å²) in [6.45, 7) is 2.58. The third-order valence-electron chi connectivity index (χ3n) is 2.48. The second kappa shape index (κ2) is 4.52. The van der Waals surface area contributed by atoms with E-state index in [2.05, 4.69) is 15.5 Å². The van der Waals surface area contributed by atoms with Gasteiger partial charge in [0, 0.05) is 20.2 Å². The van der Waals surface area contributed by atoms with Gasteiger partial charge in [-0.3, -0.25) is 0 Å². The zero-order valence-corrected chi connectivity index (χ0v) is 8.44. The van der Waals surface area contributed by atoms with Crippen LogP contribution >= 0.6 is 0 Å². The average Bonchev–Trinajstić information content (AvgIpc) is 2.78. The summed E-state index contributed by atoms with van der Waals surface area (Å²) in [5.74, 6) is 0.961. The maximum Gasteiger partial charge on any atom is 0.146 e. The van der Waals surface area contributed by atoms with Crippen molar-refractivity contribution in [1.29, 1.82) is 0 Å². The van der Waals surface area contributed by atoms with Gasteiger partial charge in [-0.1, -0.05) is 0 Å². The Morgan fingerprint density at radius 1 is 1.71 bits per heavy atom. The van der Waals surface area contributed by atoms with Crippen LogP contribution in [0.4, 0.5) is 0 Å². The molecule has 1 atom stereocenters. The molecule has 0 saturated carbocycles. The Balaban J connectivity index is 1.70. The van der Waals surface area contributed by atoms with Crippen molar-refractivity contribution in [3.8, 4) is 0 Å². The standard InChI is InChI=1S/C9H16N4O/c1-13-7-11-12-9(13)6-10-5-8-3-2-4-14-8/h7-8,10H,2-6H2,1H3. The van der Waals surface area contributed by atoms with Crippen molar-refractivity contribution in [3.63, 3.8) is 0 Å². The minimum Gasteiger partial charge on any atom is -0.377 e. The minimum absolute atomic E-state index is 0.392. The van der Waals surface area contributed by atoms with Gasteiger partial charge < -0.3 is 14.6 Å². The molecule has 1 aromatic heterocycles.